The molecule has 0 amide bonds. The van der Waals surface area contributed by atoms with Gasteiger partial charge in [-0.05, 0) is 188 Å². The molecule has 0 bridgehead atoms. The van der Waals surface area contributed by atoms with Crippen LogP contribution in [0.4, 0.5) is 0 Å². The summed E-state index contributed by atoms with van der Waals surface area (Å²) in [5.74, 6) is 2.35. The number of fused-ring (bicyclic) bond motifs is 5. The van der Waals surface area contributed by atoms with Crippen molar-refractivity contribution < 1.29 is 0 Å². The normalized spacial score (nSPS) is 22.0. The largest absolute Gasteiger partial charge is 0.327 e. The first-order chi connectivity index (χ1) is 45.0. The Morgan fingerprint density at radius 2 is 0.613 bits per heavy atom. The number of nitrogens with two attached hydrogens (primary N) is 2. The lowest BCUT2D eigenvalue weighted by Gasteiger charge is -2.35. The van der Waals surface area contributed by atoms with Gasteiger partial charge < -0.3 is 21.3 Å². The van der Waals surface area contributed by atoms with Gasteiger partial charge in [-0.2, -0.15) is 13.5 Å². The lowest BCUT2D eigenvalue weighted by molar-refractivity contribution is 0.258. The first-order valence-corrected chi connectivity index (χ1v) is 33.5. The zero-order chi connectivity index (χ0) is 63.8. The Hall–Kier alpha value is -8.30. The predicted molar refractivity (Wildman–Crippen MR) is 394 cm³/mol. The Labute approximate surface area is 562 Å². The second-order valence-corrected chi connectivity index (χ2v) is 26.6. The van der Waals surface area contributed by atoms with E-state index >= 15 is 0 Å². The minimum atomic E-state index is 0. The van der Waals surface area contributed by atoms with E-state index in [1.54, 1.807) is 0 Å². The molecule has 8 heteroatoms. The molecule has 4 N–H and O–H groups in total. The molecule has 7 nitrogen and oxygen atoms in total. The van der Waals surface area contributed by atoms with Crippen molar-refractivity contribution in [2.75, 3.05) is 28.2 Å². The summed E-state index contributed by atoms with van der Waals surface area (Å²) in [5.41, 5.74) is 43.9. The van der Waals surface area contributed by atoms with E-state index in [1.165, 1.54) is 115 Å². The van der Waals surface area contributed by atoms with Gasteiger partial charge in [-0.1, -0.05) is 278 Å². The molecule has 10 atom stereocenters. The third kappa shape index (κ3) is 17.3. The highest BCUT2D eigenvalue weighted by Crippen LogP contribution is 2.42. The Balaban J connectivity index is 0.000000127. The number of nitrogens with zero attached hydrogens (tertiary/aromatic N) is 5. The fourth-order valence-corrected chi connectivity index (χ4v) is 15.3. The molecule has 0 fully saturated rings. The molecule has 0 spiro atoms. The van der Waals surface area contributed by atoms with E-state index in [4.69, 9.17) is 17.0 Å². The highest BCUT2D eigenvalue weighted by atomic mass is 32.1. The van der Waals surface area contributed by atoms with Crippen molar-refractivity contribution >= 4 is 13.5 Å². The molecule has 0 radical (unpaired) electrons. The van der Waals surface area contributed by atoms with Crippen molar-refractivity contribution in [1.29, 1.82) is 0 Å². The maximum Gasteiger partial charge on any atom is 0.0423 e. The molecule has 0 saturated heterocycles. The van der Waals surface area contributed by atoms with Gasteiger partial charge in [0.15, 0.2) is 0 Å². The summed E-state index contributed by atoms with van der Waals surface area (Å²) in [7, 11) is 8.79. The summed E-state index contributed by atoms with van der Waals surface area (Å²) in [6.07, 6.45) is 10.7. The SMILES string of the molecule is CN(C)[C@@H]1Cc2ccccc2[C@H](c2ccccc2)C1.Cc1cccc([C@H]2C[C@H](N(C)C)Cc3ccccc32)c1.N[C@@H]1Cc2ccccc2[C@@H](c2ccccc2)C1.N[C@@H]1Cc2ccccc2[C@H](c2ccccc2)C1.S.[N-]=[N+]=N[C@@H]1Cc2ccccc2[C@H](c2ccccc2)C1. The third-order valence-corrected chi connectivity index (χ3v) is 20.0. The van der Waals surface area contributed by atoms with Crippen LogP contribution in [-0.4, -0.2) is 68.2 Å². The van der Waals surface area contributed by atoms with Crippen molar-refractivity contribution in [2.24, 2.45) is 16.6 Å². The second-order valence-electron chi connectivity index (χ2n) is 26.6. The molecule has 5 aliphatic rings. The minimum absolute atomic E-state index is 0. The smallest absolute Gasteiger partial charge is 0.0423 e. The van der Waals surface area contributed by atoms with E-state index < -0.39 is 0 Å². The van der Waals surface area contributed by atoms with Crippen molar-refractivity contribution in [3.8, 4) is 0 Å². The molecule has 15 rings (SSSR count). The Morgan fingerprint density at radius 1 is 0.333 bits per heavy atom. The highest BCUT2D eigenvalue weighted by molar-refractivity contribution is 7.59. The summed E-state index contributed by atoms with van der Waals surface area (Å²) >= 11 is 0. The molecule has 5 aliphatic carbocycles. The molecule has 476 valence electrons. The van der Waals surface area contributed by atoms with Crippen LogP contribution in [-0.2, 0) is 32.1 Å². The average Bonchev–Trinajstić information content (AvgIpc) is 1.14. The fourth-order valence-electron chi connectivity index (χ4n) is 15.3. The molecule has 0 saturated carbocycles. The predicted octanol–water partition coefficient (Wildman–Crippen LogP) is 18.4. The van der Waals surface area contributed by atoms with E-state index in [1.807, 2.05) is 6.07 Å². The van der Waals surface area contributed by atoms with E-state index in [2.05, 4.69) is 316 Å². The number of hydrogen-bond acceptors (Lipinski definition) is 5. The molecule has 10 aromatic carbocycles. The number of hydrogen-bond donors (Lipinski definition) is 2. The van der Waals surface area contributed by atoms with Crippen LogP contribution >= 0.6 is 13.5 Å². The molecule has 93 heavy (non-hydrogen) atoms. The summed E-state index contributed by atoms with van der Waals surface area (Å²) in [6.45, 7) is 2.18. The Bertz CT molecular complexity index is 3880. The van der Waals surface area contributed by atoms with Crippen molar-refractivity contribution in [1.82, 2.24) is 9.80 Å². The lowest BCUT2D eigenvalue weighted by Crippen LogP contribution is -2.35. The topological polar surface area (TPSA) is 107 Å². The van der Waals surface area contributed by atoms with Gasteiger partial charge in [0.05, 0.1) is 0 Å². The van der Waals surface area contributed by atoms with Gasteiger partial charge in [-0.25, -0.2) is 0 Å². The molecule has 0 heterocycles. The Kier molecular flexibility index (Phi) is 24.0. The molecule has 0 unspecified atom stereocenters. The zero-order valence-electron chi connectivity index (χ0n) is 55.1. The molecular formula is C85H95N7S. The molecule has 0 aromatic heterocycles. The second kappa shape index (κ2) is 33.0. The van der Waals surface area contributed by atoms with Crippen LogP contribution in [0.25, 0.3) is 10.4 Å². The van der Waals surface area contributed by atoms with Gasteiger partial charge in [0.2, 0.25) is 0 Å². The van der Waals surface area contributed by atoms with Gasteiger partial charge in [0.25, 0.3) is 0 Å². The minimum Gasteiger partial charge on any atom is -0.327 e. The summed E-state index contributed by atoms with van der Waals surface area (Å²) in [6, 6.07) is 97.5. The molecular weight excluding hydrogens is 1150 g/mol. The van der Waals surface area contributed by atoms with Gasteiger partial charge in [0, 0.05) is 64.7 Å². The van der Waals surface area contributed by atoms with Crippen molar-refractivity contribution in [3.63, 3.8) is 0 Å². The number of benzene rings is 10. The van der Waals surface area contributed by atoms with Gasteiger partial charge >= 0.3 is 0 Å². The van der Waals surface area contributed by atoms with Crippen LogP contribution in [0.2, 0.25) is 0 Å². The van der Waals surface area contributed by atoms with Gasteiger partial charge in [-0.15, -0.1) is 0 Å². The maximum atomic E-state index is 8.68. The summed E-state index contributed by atoms with van der Waals surface area (Å²) in [4.78, 5) is 7.73. The van der Waals surface area contributed by atoms with Crippen molar-refractivity contribution in [3.05, 3.63) is 366 Å². The average molecular weight is 1250 g/mol. The first kappa shape index (κ1) is 67.6. The van der Waals surface area contributed by atoms with Gasteiger partial charge in [0.1, 0.15) is 0 Å². The summed E-state index contributed by atoms with van der Waals surface area (Å²) < 4.78 is 0. The van der Waals surface area contributed by atoms with Gasteiger partial charge in [-0.3, -0.25) is 0 Å². The third-order valence-electron chi connectivity index (χ3n) is 20.0. The fraction of sp³-hybridized carbons (Fsp3) is 0.294. The van der Waals surface area contributed by atoms with Crippen LogP contribution in [0.3, 0.4) is 0 Å². The van der Waals surface area contributed by atoms with Crippen LogP contribution in [0.1, 0.15) is 151 Å². The molecule has 0 aliphatic heterocycles. The summed E-state index contributed by atoms with van der Waals surface area (Å²) in [5, 5.41) is 3.94. The van der Waals surface area contributed by atoms with Crippen LogP contribution < -0.4 is 11.5 Å². The van der Waals surface area contributed by atoms with E-state index in [0.717, 1.165) is 38.5 Å². The quantitative estimate of drug-likeness (QED) is 0.0898. The van der Waals surface area contributed by atoms with Crippen molar-refractivity contribution in [2.45, 2.75) is 131 Å². The van der Waals surface area contributed by atoms with Crippen LogP contribution in [0.5, 0.6) is 0 Å². The Morgan fingerprint density at radius 3 is 0.946 bits per heavy atom. The van der Waals surface area contributed by atoms with E-state index in [0.29, 0.717) is 41.7 Å². The number of aryl methyl sites for hydroxylation is 1. The molecule has 10 aromatic rings. The lowest BCUT2D eigenvalue weighted by atomic mass is 9.76. The first-order valence-electron chi connectivity index (χ1n) is 33.5. The van der Waals surface area contributed by atoms with E-state index in [9.17, 15) is 0 Å². The zero-order valence-corrected chi connectivity index (χ0v) is 56.1. The van der Waals surface area contributed by atoms with E-state index in [-0.39, 0.29) is 31.6 Å². The number of azide groups is 1. The highest BCUT2D eigenvalue weighted by Gasteiger charge is 2.32. The monoisotopic (exact) mass is 1250 g/mol. The number of rotatable bonds is 8. The standard InChI is InChI=1S/C19H23N.C18H21N.C16H15N3.2C16H17N.H2S/c1-14-7-6-9-15(11-14)19-13-17(20(2)3)12-16-8-4-5-10-18(16)19;1-19(2)16-12-15-10-6-7-11-17(15)18(13-16)14-8-4-3-5-9-14;17-19-18-14-10-13-8-4-5-9-15(13)16(11-14)12-6-2-1-3-7-12;2*17-14-10-13-8-4-5-9-15(13)16(11-14)12-6-2-1-3-7-12;/h4-11,17,19H,12-13H2,1-3H3;3-11,16,18H,12-13H2,1-2H3;1-9,14,16H,10-11H2;2*1-9,14,16H,10-11,17H2;1H2/t17-,19-;16-,18+;2*14-,16+;14-,16-;/m11111./s1. The van der Waals surface area contributed by atoms with Crippen LogP contribution in [0, 0.1) is 6.92 Å². The number of likely N-dealkylation sites (N-methyl/N-ethyl adjacent to an activating group) is 2. The van der Waals surface area contributed by atoms with Crippen LogP contribution in [0.15, 0.2) is 272 Å². The maximum absolute atomic E-state index is 8.68.